The molecule has 3 heteroatoms. The van der Waals surface area contributed by atoms with E-state index in [0.717, 1.165) is 0 Å². The minimum absolute atomic E-state index is 0.364. The predicted molar refractivity (Wildman–Crippen MR) is 39.9 cm³/mol. The summed E-state index contributed by atoms with van der Waals surface area (Å²) < 4.78 is 15.7. The van der Waals surface area contributed by atoms with Crippen LogP contribution in [0.15, 0.2) is 25.0 Å². The van der Waals surface area contributed by atoms with Crippen molar-refractivity contribution >= 4 is 7.37 Å². The highest BCUT2D eigenvalue weighted by atomic mass is 31.2. The van der Waals surface area contributed by atoms with Gasteiger partial charge in [-0.25, -0.2) is 0 Å². The Morgan fingerprint density at radius 1 is 1.67 bits per heavy atom. The molecule has 0 saturated heterocycles. The SMILES string of the molecule is C=CC(=C)OP(C)(C)=O. The lowest BCUT2D eigenvalue weighted by Crippen LogP contribution is -1.82. The van der Waals surface area contributed by atoms with Gasteiger partial charge in [-0.2, -0.15) is 0 Å². The fourth-order valence-electron chi connectivity index (χ4n) is 0.320. The van der Waals surface area contributed by atoms with Crippen molar-refractivity contribution in [2.24, 2.45) is 0 Å². The molecule has 0 spiro atoms. The molecule has 0 atom stereocenters. The maximum Gasteiger partial charge on any atom is 0.242 e. The first kappa shape index (κ1) is 8.51. The third kappa shape index (κ3) is 5.38. The van der Waals surface area contributed by atoms with Gasteiger partial charge in [-0.15, -0.1) is 0 Å². The van der Waals surface area contributed by atoms with Crippen LogP contribution in [0.4, 0.5) is 0 Å². The van der Waals surface area contributed by atoms with E-state index in [-0.39, 0.29) is 0 Å². The Bertz CT molecular complexity index is 166. The van der Waals surface area contributed by atoms with E-state index in [1.807, 2.05) is 0 Å². The van der Waals surface area contributed by atoms with E-state index in [1.165, 1.54) is 19.4 Å². The van der Waals surface area contributed by atoms with E-state index >= 15 is 0 Å². The number of allylic oxidation sites excluding steroid dienone is 1. The zero-order chi connectivity index (χ0) is 7.49. The van der Waals surface area contributed by atoms with E-state index in [4.69, 9.17) is 4.52 Å². The maximum absolute atomic E-state index is 10.9. The molecule has 0 fully saturated rings. The second-order valence-corrected chi connectivity index (χ2v) is 4.70. The molecule has 0 bridgehead atoms. The van der Waals surface area contributed by atoms with Gasteiger partial charge in [0.2, 0.25) is 7.37 Å². The predicted octanol–water partition coefficient (Wildman–Crippen LogP) is 2.24. The lowest BCUT2D eigenvalue weighted by atomic mass is 10.6. The largest absolute Gasteiger partial charge is 0.444 e. The quantitative estimate of drug-likeness (QED) is 0.346. The summed E-state index contributed by atoms with van der Waals surface area (Å²) in [5.41, 5.74) is 0. The molecule has 0 aromatic carbocycles. The van der Waals surface area contributed by atoms with Crippen LogP contribution in [0.2, 0.25) is 0 Å². The molecule has 0 saturated carbocycles. The molecule has 0 aliphatic rings. The van der Waals surface area contributed by atoms with Gasteiger partial charge < -0.3 is 4.52 Å². The van der Waals surface area contributed by atoms with Crippen molar-refractivity contribution in [1.29, 1.82) is 0 Å². The normalized spacial score (nSPS) is 10.4. The number of hydrogen-bond donors (Lipinski definition) is 0. The Hall–Kier alpha value is -0.490. The molecule has 9 heavy (non-hydrogen) atoms. The van der Waals surface area contributed by atoms with Crippen molar-refractivity contribution in [1.82, 2.24) is 0 Å². The van der Waals surface area contributed by atoms with Gasteiger partial charge in [-0.1, -0.05) is 13.2 Å². The van der Waals surface area contributed by atoms with Gasteiger partial charge in [0.15, 0.2) is 0 Å². The summed E-state index contributed by atoms with van der Waals surface area (Å²) >= 11 is 0. The van der Waals surface area contributed by atoms with Gasteiger partial charge >= 0.3 is 0 Å². The summed E-state index contributed by atoms with van der Waals surface area (Å²) in [6.45, 7) is 9.90. The summed E-state index contributed by atoms with van der Waals surface area (Å²) in [7, 11) is -2.41. The van der Waals surface area contributed by atoms with E-state index in [0.29, 0.717) is 5.76 Å². The Balaban J connectivity index is 3.89. The fraction of sp³-hybridized carbons (Fsp3) is 0.333. The molecule has 0 rings (SSSR count). The smallest absolute Gasteiger partial charge is 0.242 e. The highest BCUT2D eigenvalue weighted by Gasteiger charge is 2.06. The van der Waals surface area contributed by atoms with Gasteiger partial charge in [-0.3, -0.25) is 4.57 Å². The third-order valence-electron chi connectivity index (χ3n) is 0.565. The molecule has 0 radical (unpaired) electrons. The van der Waals surface area contributed by atoms with Gasteiger partial charge in [0.1, 0.15) is 5.76 Å². The van der Waals surface area contributed by atoms with Crippen LogP contribution in [0.25, 0.3) is 0 Å². The van der Waals surface area contributed by atoms with Crippen LogP contribution in [0.3, 0.4) is 0 Å². The average Bonchev–Trinajstić information content (AvgIpc) is 1.62. The lowest BCUT2D eigenvalue weighted by molar-refractivity contribution is 0.429. The number of hydrogen-bond acceptors (Lipinski definition) is 2. The minimum Gasteiger partial charge on any atom is -0.444 e. The molecular weight excluding hydrogens is 135 g/mol. The van der Waals surface area contributed by atoms with Crippen molar-refractivity contribution in [2.75, 3.05) is 13.3 Å². The van der Waals surface area contributed by atoms with E-state index in [9.17, 15) is 4.57 Å². The van der Waals surface area contributed by atoms with Crippen LogP contribution < -0.4 is 0 Å². The van der Waals surface area contributed by atoms with E-state index in [1.54, 1.807) is 0 Å². The molecule has 0 N–H and O–H groups in total. The first-order chi connectivity index (χ1) is 3.95. The molecule has 0 unspecified atom stereocenters. The molecular formula is C6H11O2P. The van der Waals surface area contributed by atoms with Crippen molar-refractivity contribution in [2.45, 2.75) is 0 Å². The van der Waals surface area contributed by atoms with Gasteiger partial charge in [-0.05, 0) is 6.08 Å². The maximum atomic E-state index is 10.9. The Morgan fingerprint density at radius 3 is 2.22 bits per heavy atom. The van der Waals surface area contributed by atoms with E-state index in [2.05, 4.69) is 13.2 Å². The summed E-state index contributed by atoms with van der Waals surface area (Å²) in [4.78, 5) is 0. The summed E-state index contributed by atoms with van der Waals surface area (Å²) in [6.07, 6.45) is 1.43. The second kappa shape index (κ2) is 2.88. The van der Waals surface area contributed by atoms with Crippen molar-refractivity contribution in [3.8, 4) is 0 Å². The average molecular weight is 146 g/mol. The molecule has 0 aromatic rings. The van der Waals surface area contributed by atoms with Crippen LogP contribution >= 0.6 is 7.37 Å². The molecule has 0 amide bonds. The second-order valence-electron chi connectivity index (χ2n) is 2.01. The summed E-state index contributed by atoms with van der Waals surface area (Å²) in [5.74, 6) is 0.364. The molecule has 2 nitrogen and oxygen atoms in total. The fourth-order valence-corrected chi connectivity index (χ4v) is 0.959. The highest BCUT2D eigenvalue weighted by molar-refractivity contribution is 7.57. The zero-order valence-corrected chi connectivity index (χ0v) is 6.65. The van der Waals surface area contributed by atoms with Gasteiger partial charge in [0.05, 0.1) is 0 Å². The van der Waals surface area contributed by atoms with E-state index < -0.39 is 7.37 Å². The Kier molecular flexibility index (Phi) is 2.72. The molecule has 0 aromatic heterocycles. The van der Waals surface area contributed by atoms with Gasteiger partial charge in [0, 0.05) is 13.3 Å². The van der Waals surface area contributed by atoms with Crippen LogP contribution in [-0.2, 0) is 9.09 Å². The topological polar surface area (TPSA) is 26.3 Å². The first-order valence-electron chi connectivity index (χ1n) is 2.51. The minimum atomic E-state index is -2.41. The Morgan fingerprint density at radius 2 is 2.11 bits per heavy atom. The van der Waals surface area contributed by atoms with Crippen molar-refractivity contribution in [3.63, 3.8) is 0 Å². The van der Waals surface area contributed by atoms with Crippen LogP contribution in [0.1, 0.15) is 0 Å². The summed E-state index contributed by atoms with van der Waals surface area (Å²) in [6, 6.07) is 0. The van der Waals surface area contributed by atoms with Crippen LogP contribution in [0, 0.1) is 0 Å². The standard InChI is InChI=1S/C6H11O2P/c1-5-6(2)8-9(3,4)7/h5H,1-2H2,3-4H3. The van der Waals surface area contributed by atoms with Gasteiger partial charge in [0.25, 0.3) is 0 Å². The molecule has 0 heterocycles. The summed E-state index contributed by atoms with van der Waals surface area (Å²) in [5, 5.41) is 0. The monoisotopic (exact) mass is 146 g/mol. The first-order valence-corrected chi connectivity index (χ1v) is 5.03. The zero-order valence-electron chi connectivity index (χ0n) is 5.76. The highest BCUT2D eigenvalue weighted by Crippen LogP contribution is 2.39. The van der Waals surface area contributed by atoms with Crippen molar-refractivity contribution in [3.05, 3.63) is 25.0 Å². The number of rotatable bonds is 3. The lowest BCUT2D eigenvalue weighted by Gasteiger charge is -2.08. The third-order valence-corrected chi connectivity index (χ3v) is 1.24. The van der Waals surface area contributed by atoms with Crippen LogP contribution in [0.5, 0.6) is 0 Å². The molecule has 0 aliphatic heterocycles. The van der Waals surface area contributed by atoms with Crippen molar-refractivity contribution < 1.29 is 9.09 Å². The molecule has 0 aliphatic carbocycles. The molecule has 52 valence electrons. The van der Waals surface area contributed by atoms with Crippen LogP contribution in [-0.4, -0.2) is 13.3 Å². The Labute approximate surface area is 55.7 Å².